The van der Waals surface area contributed by atoms with Gasteiger partial charge in [0, 0.05) is 7.05 Å². The number of hydrogen-bond acceptors (Lipinski definition) is 1. The van der Waals surface area contributed by atoms with Gasteiger partial charge in [-0.15, -0.1) is 0 Å². The lowest BCUT2D eigenvalue weighted by Gasteiger charge is -2.28. The molecule has 3 rings (SSSR count). The van der Waals surface area contributed by atoms with E-state index in [1.165, 1.54) is 61.1 Å². The van der Waals surface area contributed by atoms with E-state index in [0.29, 0.717) is 5.92 Å². The van der Waals surface area contributed by atoms with Gasteiger partial charge in [-0.05, 0) is 92.2 Å². The first-order valence-electron chi connectivity index (χ1n) is 10.9. The minimum absolute atomic E-state index is 0.256. The standard InChI is InChI=1S/C27H32FNO/c1-4-6-7-8-20-9-11-21(12-10-20)22-13-15-23(16-14-22)24-17-18-26(25(28)19-24)29(3)27(30)5-2/h4-6,13-21H,2,7-12H2,1,3H3/b6-4+. The largest absolute Gasteiger partial charge is 0.309 e. The number of anilines is 1. The van der Waals surface area contributed by atoms with Crippen LogP contribution in [0.25, 0.3) is 11.1 Å². The summed E-state index contributed by atoms with van der Waals surface area (Å²) in [5.41, 5.74) is 3.45. The summed E-state index contributed by atoms with van der Waals surface area (Å²) >= 11 is 0. The van der Waals surface area contributed by atoms with Gasteiger partial charge in [-0.1, -0.05) is 49.1 Å². The first kappa shape index (κ1) is 22.0. The third kappa shape index (κ3) is 5.27. The Bertz CT molecular complexity index is 892. The minimum Gasteiger partial charge on any atom is -0.309 e. The number of nitrogens with zero attached hydrogens (tertiary/aromatic N) is 1. The quantitative estimate of drug-likeness (QED) is 0.350. The van der Waals surface area contributed by atoms with Gasteiger partial charge in [-0.3, -0.25) is 4.79 Å². The van der Waals surface area contributed by atoms with Crippen LogP contribution in [0.2, 0.25) is 0 Å². The van der Waals surface area contributed by atoms with E-state index in [2.05, 4.69) is 49.9 Å². The van der Waals surface area contributed by atoms with E-state index in [4.69, 9.17) is 0 Å². The summed E-state index contributed by atoms with van der Waals surface area (Å²) in [5.74, 6) is 0.757. The van der Waals surface area contributed by atoms with Gasteiger partial charge in [0.15, 0.2) is 0 Å². The van der Waals surface area contributed by atoms with Gasteiger partial charge in [0.25, 0.3) is 0 Å². The lowest BCUT2D eigenvalue weighted by Crippen LogP contribution is -2.24. The third-order valence-corrected chi connectivity index (χ3v) is 6.35. The summed E-state index contributed by atoms with van der Waals surface area (Å²) in [4.78, 5) is 13.0. The zero-order valence-corrected chi connectivity index (χ0v) is 18.1. The van der Waals surface area contributed by atoms with E-state index in [0.717, 1.165) is 17.0 Å². The van der Waals surface area contributed by atoms with Crippen LogP contribution in [0.1, 0.15) is 56.9 Å². The Balaban J connectivity index is 1.64. The molecular formula is C27H32FNO. The molecule has 0 unspecified atom stereocenters. The molecule has 1 aliphatic rings. The summed E-state index contributed by atoms with van der Waals surface area (Å²) < 4.78 is 14.6. The zero-order valence-electron chi connectivity index (χ0n) is 18.1. The van der Waals surface area contributed by atoms with Crippen molar-refractivity contribution in [2.24, 2.45) is 5.92 Å². The molecule has 1 fully saturated rings. The van der Waals surface area contributed by atoms with Crippen LogP contribution in [0.3, 0.4) is 0 Å². The summed E-state index contributed by atoms with van der Waals surface area (Å²) in [7, 11) is 1.55. The van der Waals surface area contributed by atoms with E-state index in [1.54, 1.807) is 13.1 Å². The number of carbonyl (C=O) groups excluding carboxylic acids is 1. The van der Waals surface area contributed by atoms with Crippen LogP contribution in [0.15, 0.2) is 67.3 Å². The van der Waals surface area contributed by atoms with Crippen LogP contribution in [0.4, 0.5) is 10.1 Å². The first-order valence-corrected chi connectivity index (χ1v) is 10.9. The highest BCUT2D eigenvalue weighted by atomic mass is 19.1. The van der Waals surface area contributed by atoms with Crippen molar-refractivity contribution in [2.75, 3.05) is 11.9 Å². The van der Waals surface area contributed by atoms with Crippen LogP contribution in [-0.4, -0.2) is 13.0 Å². The molecule has 0 saturated heterocycles. The van der Waals surface area contributed by atoms with Crippen molar-refractivity contribution in [2.45, 2.75) is 51.4 Å². The van der Waals surface area contributed by atoms with Crippen LogP contribution in [-0.2, 0) is 4.79 Å². The second-order valence-electron chi connectivity index (χ2n) is 8.25. The monoisotopic (exact) mass is 405 g/mol. The molecule has 158 valence electrons. The second kappa shape index (κ2) is 10.4. The molecule has 0 heterocycles. The molecule has 3 heteroatoms. The van der Waals surface area contributed by atoms with Crippen molar-refractivity contribution in [3.05, 3.63) is 78.7 Å². The molecule has 2 aromatic rings. The summed E-state index contributed by atoms with van der Waals surface area (Å²) in [5, 5.41) is 0. The van der Waals surface area contributed by atoms with Gasteiger partial charge in [-0.2, -0.15) is 0 Å². The molecule has 0 bridgehead atoms. The van der Waals surface area contributed by atoms with E-state index in [1.807, 2.05) is 6.07 Å². The fourth-order valence-corrected chi connectivity index (χ4v) is 4.44. The molecule has 2 nitrogen and oxygen atoms in total. The Morgan fingerprint density at radius 1 is 1.10 bits per heavy atom. The lowest BCUT2D eigenvalue weighted by atomic mass is 9.77. The topological polar surface area (TPSA) is 20.3 Å². The zero-order chi connectivity index (χ0) is 21.5. The van der Waals surface area contributed by atoms with Crippen LogP contribution in [0.5, 0.6) is 0 Å². The number of allylic oxidation sites excluding steroid dienone is 2. The molecule has 0 aromatic heterocycles. The van der Waals surface area contributed by atoms with E-state index in [9.17, 15) is 9.18 Å². The van der Waals surface area contributed by atoms with Crippen LogP contribution < -0.4 is 4.90 Å². The maximum absolute atomic E-state index is 14.6. The number of amides is 1. The molecule has 1 aliphatic carbocycles. The van der Waals surface area contributed by atoms with Gasteiger partial charge < -0.3 is 4.90 Å². The maximum Gasteiger partial charge on any atom is 0.250 e. The van der Waals surface area contributed by atoms with Gasteiger partial charge in [0.05, 0.1) is 5.69 Å². The maximum atomic E-state index is 14.6. The Labute approximate surface area is 180 Å². The Morgan fingerprint density at radius 3 is 2.37 bits per heavy atom. The molecule has 30 heavy (non-hydrogen) atoms. The second-order valence-corrected chi connectivity index (χ2v) is 8.25. The molecule has 0 atom stereocenters. The van der Waals surface area contributed by atoms with Crippen LogP contribution in [0, 0.1) is 11.7 Å². The Hall–Kier alpha value is -2.68. The molecule has 0 N–H and O–H groups in total. The minimum atomic E-state index is -0.412. The highest BCUT2D eigenvalue weighted by molar-refractivity contribution is 6.00. The third-order valence-electron chi connectivity index (χ3n) is 6.35. The molecule has 0 spiro atoms. The van der Waals surface area contributed by atoms with Gasteiger partial charge in [0.2, 0.25) is 5.91 Å². The smallest absolute Gasteiger partial charge is 0.250 e. The van der Waals surface area contributed by atoms with Gasteiger partial charge in [0.1, 0.15) is 5.82 Å². The molecule has 0 radical (unpaired) electrons. The van der Waals surface area contributed by atoms with Crippen molar-refractivity contribution in [3.8, 4) is 11.1 Å². The summed E-state index contributed by atoms with van der Waals surface area (Å²) in [6, 6.07) is 13.6. The number of rotatable bonds is 7. The highest BCUT2D eigenvalue weighted by Crippen LogP contribution is 2.38. The Morgan fingerprint density at radius 2 is 1.77 bits per heavy atom. The predicted molar refractivity (Wildman–Crippen MR) is 124 cm³/mol. The number of hydrogen-bond donors (Lipinski definition) is 0. The van der Waals surface area contributed by atoms with E-state index in [-0.39, 0.29) is 11.6 Å². The number of carbonyl (C=O) groups is 1. The molecule has 1 saturated carbocycles. The normalized spacial score (nSPS) is 19.0. The molecule has 1 amide bonds. The van der Waals surface area contributed by atoms with Crippen molar-refractivity contribution in [1.29, 1.82) is 0 Å². The molecule has 2 aromatic carbocycles. The van der Waals surface area contributed by atoms with Gasteiger partial charge in [-0.25, -0.2) is 4.39 Å². The van der Waals surface area contributed by atoms with E-state index < -0.39 is 5.82 Å². The van der Waals surface area contributed by atoms with Gasteiger partial charge >= 0.3 is 0 Å². The number of halogens is 1. The van der Waals surface area contributed by atoms with Crippen molar-refractivity contribution < 1.29 is 9.18 Å². The van der Waals surface area contributed by atoms with Crippen LogP contribution >= 0.6 is 0 Å². The predicted octanol–water partition coefficient (Wildman–Crippen LogP) is 7.27. The fraction of sp³-hybridized carbons (Fsp3) is 0.370. The average Bonchev–Trinajstić information content (AvgIpc) is 2.79. The summed E-state index contributed by atoms with van der Waals surface area (Å²) in [6.45, 7) is 5.54. The van der Waals surface area contributed by atoms with E-state index >= 15 is 0 Å². The highest BCUT2D eigenvalue weighted by Gasteiger charge is 2.22. The molecule has 0 aliphatic heterocycles. The lowest BCUT2D eigenvalue weighted by molar-refractivity contribution is -0.113. The fourth-order valence-electron chi connectivity index (χ4n) is 4.44. The first-order chi connectivity index (χ1) is 14.5. The SMILES string of the molecule is C=CC(=O)N(C)c1ccc(-c2ccc(C3CCC(CC/C=C/C)CC3)cc2)cc1F. The Kier molecular flexibility index (Phi) is 7.62. The average molecular weight is 406 g/mol. The number of benzene rings is 2. The van der Waals surface area contributed by atoms with Crippen molar-refractivity contribution in [3.63, 3.8) is 0 Å². The summed E-state index contributed by atoms with van der Waals surface area (Å²) in [6.07, 6.45) is 13.3. The van der Waals surface area contributed by atoms with Crippen molar-refractivity contribution >= 4 is 11.6 Å². The number of likely N-dealkylation sites (N-methyl/N-ethyl adjacent to an activating group) is 1. The van der Waals surface area contributed by atoms with Crippen molar-refractivity contribution in [1.82, 2.24) is 0 Å². The molecular weight excluding hydrogens is 373 g/mol.